The third-order valence-electron chi connectivity index (χ3n) is 4.33. The summed E-state index contributed by atoms with van der Waals surface area (Å²) in [5.74, 6) is 0.0841. The van der Waals surface area contributed by atoms with Gasteiger partial charge in [0.05, 0.1) is 22.4 Å². The summed E-state index contributed by atoms with van der Waals surface area (Å²) in [6.07, 6.45) is 0.714. The molecular formula is C21H24BrN3O2S. The van der Waals surface area contributed by atoms with Crippen LogP contribution in [0.25, 0.3) is 0 Å². The summed E-state index contributed by atoms with van der Waals surface area (Å²) >= 11 is 4.65. The van der Waals surface area contributed by atoms with Crippen LogP contribution in [0.15, 0.2) is 50.6 Å². The van der Waals surface area contributed by atoms with Crippen LogP contribution in [0, 0.1) is 23.2 Å². The summed E-state index contributed by atoms with van der Waals surface area (Å²) in [5.41, 5.74) is 2.67. The van der Waals surface area contributed by atoms with E-state index in [2.05, 4.69) is 46.5 Å². The SMILES string of the molecule is CC(=O)C1=C(C)NC(SCC(=O)Nc2ccc(Br)cc2)=C(C#N)[C@@H]1CC(C)C. The Bertz CT molecular complexity index is 867. The summed E-state index contributed by atoms with van der Waals surface area (Å²) in [6, 6.07) is 9.61. The number of halogens is 1. The Morgan fingerprint density at radius 2 is 1.96 bits per heavy atom. The molecule has 1 heterocycles. The van der Waals surface area contributed by atoms with Crippen LogP contribution in [0.5, 0.6) is 0 Å². The third kappa shape index (κ3) is 5.73. The number of nitriles is 1. The van der Waals surface area contributed by atoms with Gasteiger partial charge in [0.1, 0.15) is 0 Å². The van der Waals surface area contributed by atoms with Crippen molar-refractivity contribution in [2.24, 2.45) is 11.8 Å². The summed E-state index contributed by atoms with van der Waals surface area (Å²) in [6.45, 7) is 7.53. The van der Waals surface area contributed by atoms with Crippen LogP contribution in [-0.4, -0.2) is 17.4 Å². The van der Waals surface area contributed by atoms with E-state index in [0.717, 1.165) is 10.2 Å². The molecule has 0 radical (unpaired) electrons. The molecule has 0 fully saturated rings. The lowest BCUT2D eigenvalue weighted by atomic mass is 9.81. The minimum atomic E-state index is -0.235. The van der Waals surface area contributed by atoms with Crippen molar-refractivity contribution in [3.05, 3.63) is 50.6 Å². The van der Waals surface area contributed by atoms with E-state index >= 15 is 0 Å². The minimum Gasteiger partial charge on any atom is -0.353 e. The second kappa shape index (κ2) is 9.94. The fourth-order valence-corrected chi connectivity index (χ4v) is 4.38. The van der Waals surface area contributed by atoms with Gasteiger partial charge in [0.2, 0.25) is 5.91 Å². The van der Waals surface area contributed by atoms with Crippen molar-refractivity contribution in [2.75, 3.05) is 11.1 Å². The topological polar surface area (TPSA) is 82.0 Å². The molecule has 2 rings (SSSR count). The number of carbonyl (C=O) groups is 2. The number of dihydropyridines is 1. The second-order valence-electron chi connectivity index (χ2n) is 7.10. The highest BCUT2D eigenvalue weighted by Crippen LogP contribution is 2.37. The van der Waals surface area contributed by atoms with Gasteiger partial charge in [-0.2, -0.15) is 5.26 Å². The number of Topliss-reactive ketones (excluding diaryl/α,β-unsaturated/α-hetero) is 1. The van der Waals surface area contributed by atoms with Crippen LogP contribution < -0.4 is 10.6 Å². The number of hydrogen-bond donors (Lipinski definition) is 2. The van der Waals surface area contributed by atoms with Crippen LogP contribution in [0.4, 0.5) is 5.69 Å². The Morgan fingerprint density at radius 3 is 2.50 bits per heavy atom. The molecule has 1 aliphatic rings. The maximum Gasteiger partial charge on any atom is 0.234 e. The number of rotatable bonds is 7. The fraction of sp³-hybridized carbons (Fsp3) is 0.381. The molecule has 0 saturated carbocycles. The highest BCUT2D eigenvalue weighted by atomic mass is 79.9. The Balaban J connectivity index is 2.16. The molecule has 1 amide bonds. The predicted molar refractivity (Wildman–Crippen MR) is 117 cm³/mol. The van der Waals surface area contributed by atoms with E-state index in [-0.39, 0.29) is 23.4 Å². The van der Waals surface area contributed by atoms with Crippen molar-refractivity contribution in [1.82, 2.24) is 5.32 Å². The average molecular weight is 462 g/mol. The van der Waals surface area contributed by atoms with Gasteiger partial charge in [0, 0.05) is 27.3 Å². The van der Waals surface area contributed by atoms with Gasteiger partial charge >= 0.3 is 0 Å². The van der Waals surface area contributed by atoms with Gasteiger partial charge in [-0.05, 0) is 50.5 Å². The van der Waals surface area contributed by atoms with E-state index < -0.39 is 0 Å². The van der Waals surface area contributed by atoms with Crippen molar-refractivity contribution in [3.63, 3.8) is 0 Å². The molecule has 2 N–H and O–H groups in total. The number of benzene rings is 1. The Kier molecular flexibility index (Phi) is 7.90. The molecule has 148 valence electrons. The summed E-state index contributed by atoms with van der Waals surface area (Å²) in [5, 5.41) is 16.4. The molecular weight excluding hydrogens is 438 g/mol. The third-order valence-corrected chi connectivity index (χ3v) is 5.87. The van der Waals surface area contributed by atoms with Crippen LogP contribution in [0.1, 0.15) is 34.1 Å². The maximum absolute atomic E-state index is 12.3. The second-order valence-corrected chi connectivity index (χ2v) is 9.00. The first-order valence-electron chi connectivity index (χ1n) is 9.04. The number of allylic oxidation sites excluding steroid dienone is 3. The Hall–Kier alpha value is -2.04. The fourth-order valence-electron chi connectivity index (χ4n) is 3.20. The predicted octanol–water partition coefficient (Wildman–Crippen LogP) is 4.98. The van der Waals surface area contributed by atoms with Crippen molar-refractivity contribution in [2.45, 2.75) is 34.1 Å². The first-order valence-corrected chi connectivity index (χ1v) is 10.8. The van der Waals surface area contributed by atoms with Crippen molar-refractivity contribution < 1.29 is 9.59 Å². The molecule has 0 saturated heterocycles. The zero-order valence-electron chi connectivity index (χ0n) is 16.4. The molecule has 0 spiro atoms. The monoisotopic (exact) mass is 461 g/mol. The largest absolute Gasteiger partial charge is 0.353 e. The Morgan fingerprint density at radius 1 is 1.32 bits per heavy atom. The molecule has 1 aromatic carbocycles. The molecule has 0 bridgehead atoms. The van der Waals surface area contributed by atoms with Crippen molar-refractivity contribution in [1.29, 1.82) is 5.26 Å². The van der Waals surface area contributed by atoms with Crippen molar-refractivity contribution in [3.8, 4) is 6.07 Å². The van der Waals surface area contributed by atoms with E-state index in [1.807, 2.05) is 31.2 Å². The van der Waals surface area contributed by atoms with Gasteiger partial charge in [-0.15, -0.1) is 0 Å². The number of nitrogens with one attached hydrogen (secondary N) is 2. The van der Waals surface area contributed by atoms with E-state index in [0.29, 0.717) is 34.2 Å². The number of thioether (sulfide) groups is 1. The highest BCUT2D eigenvalue weighted by molar-refractivity contribution is 9.10. The minimum absolute atomic E-state index is 0.0274. The zero-order chi connectivity index (χ0) is 20.8. The van der Waals surface area contributed by atoms with Gasteiger partial charge < -0.3 is 10.6 Å². The first-order chi connectivity index (χ1) is 13.2. The molecule has 7 heteroatoms. The Labute approximate surface area is 178 Å². The number of hydrogen-bond acceptors (Lipinski definition) is 5. The molecule has 5 nitrogen and oxygen atoms in total. The molecule has 0 aromatic heterocycles. The molecule has 0 unspecified atom stereocenters. The van der Waals surface area contributed by atoms with Gasteiger partial charge in [-0.25, -0.2) is 0 Å². The van der Waals surface area contributed by atoms with E-state index in [4.69, 9.17) is 0 Å². The van der Waals surface area contributed by atoms with Crippen LogP contribution in [0.2, 0.25) is 0 Å². The molecule has 1 atom stereocenters. The molecule has 1 aliphatic heterocycles. The van der Waals surface area contributed by atoms with Crippen LogP contribution >= 0.6 is 27.7 Å². The molecule has 0 aliphatic carbocycles. The van der Waals surface area contributed by atoms with Gasteiger partial charge in [0.25, 0.3) is 0 Å². The van der Waals surface area contributed by atoms with Crippen LogP contribution in [-0.2, 0) is 9.59 Å². The zero-order valence-corrected chi connectivity index (χ0v) is 18.8. The summed E-state index contributed by atoms with van der Waals surface area (Å²) in [4.78, 5) is 24.5. The van der Waals surface area contributed by atoms with Crippen molar-refractivity contribution >= 4 is 45.1 Å². The first kappa shape index (κ1) is 22.3. The lowest BCUT2D eigenvalue weighted by Gasteiger charge is -2.30. The van der Waals surface area contributed by atoms with E-state index in [9.17, 15) is 14.9 Å². The van der Waals surface area contributed by atoms with Gasteiger partial charge in [-0.1, -0.05) is 41.5 Å². The standard InChI is InChI=1S/C21H24BrN3O2S/c1-12(2)9-17-18(10-23)21(24-13(3)20(17)14(4)26)28-11-19(27)25-16-7-5-15(22)6-8-16/h5-8,12,17,24H,9,11H2,1-4H3,(H,25,27)/t17-/m0/s1. The lowest BCUT2D eigenvalue weighted by Crippen LogP contribution is -2.29. The van der Waals surface area contributed by atoms with Crippen LogP contribution in [0.3, 0.4) is 0 Å². The highest BCUT2D eigenvalue weighted by Gasteiger charge is 2.32. The molecule has 1 aromatic rings. The number of carbonyl (C=O) groups excluding carboxylic acids is 2. The van der Waals surface area contributed by atoms with Gasteiger partial charge in [0.15, 0.2) is 5.78 Å². The smallest absolute Gasteiger partial charge is 0.234 e. The molecule has 28 heavy (non-hydrogen) atoms. The number of nitrogens with zero attached hydrogens (tertiary/aromatic N) is 1. The van der Waals surface area contributed by atoms with E-state index in [1.54, 1.807) is 0 Å². The van der Waals surface area contributed by atoms with Gasteiger partial charge in [-0.3, -0.25) is 9.59 Å². The van der Waals surface area contributed by atoms with E-state index in [1.165, 1.54) is 18.7 Å². The average Bonchev–Trinajstić information content (AvgIpc) is 2.61. The summed E-state index contributed by atoms with van der Waals surface area (Å²) < 4.78 is 0.940. The number of ketones is 1. The number of amides is 1. The number of anilines is 1. The normalized spacial score (nSPS) is 16.7. The lowest BCUT2D eigenvalue weighted by molar-refractivity contribution is -0.114. The quantitative estimate of drug-likeness (QED) is 0.597. The summed E-state index contributed by atoms with van der Waals surface area (Å²) in [7, 11) is 0. The maximum atomic E-state index is 12.3.